The summed E-state index contributed by atoms with van der Waals surface area (Å²) in [4.78, 5) is 23.2. The summed E-state index contributed by atoms with van der Waals surface area (Å²) in [5, 5.41) is 3.82. The lowest BCUT2D eigenvalue weighted by Crippen LogP contribution is -2.27. The molecule has 27 heavy (non-hydrogen) atoms. The van der Waals surface area contributed by atoms with Crippen molar-refractivity contribution in [1.82, 2.24) is 9.88 Å². The van der Waals surface area contributed by atoms with Crippen molar-refractivity contribution in [2.45, 2.75) is 13.0 Å². The van der Waals surface area contributed by atoms with Crippen LogP contribution in [0.15, 0.2) is 30.3 Å². The molecule has 1 aromatic carbocycles. The summed E-state index contributed by atoms with van der Waals surface area (Å²) in [6, 6.07) is 9.82. The molecule has 1 aliphatic rings. The van der Waals surface area contributed by atoms with Gasteiger partial charge in [-0.15, -0.1) is 11.3 Å². The van der Waals surface area contributed by atoms with E-state index in [1.54, 1.807) is 0 Å². The normalized spacial score (nSPS) is 14.2. The van der Waals surface area contributed by atoms with Crippen molar-refractivity contribution in [2.75, 3.05) is 43.6 Å². The Kier molecular flexibility index (Phi) is 4.49. The number of nitrogens with zero attached hydrogens (tertiary/aromatic N) is 3. The van der Waals surface area contributed by atoms with E-state index in [0.717, 1.165) is 46.8 Å². The zero-order valence-corrected chi connectivity index (χ0v) is 16.6. The minimum Gasteiger partial charge on any atom is -0.397 e. The predicted octanol–water partition coefficient (Wildman–Crippen LogP) is 3.18. The van der Waals surface area contributed by atoms with E-state index in [1.165, 1.54) is 16.9 Å². The van der Waals surface area contributed by atoms with Crippen LogP contribution in [-0.2, 0) is 13.0 Å². The van der Waals surface area contributed by atoms with Crippen LogP contribution < -0.4 is 16.0 Å². The predicted molar refractivity (Wildman–Crippen MR) is 113 cm³/mol. The number of nitrogen functional groups attached to an aromatic ring is 1. The molecule has 3 aromatic rings. The Hall–Kier alpha value is -2.64. The van der Waals surface area contributed by atoms with Crippen molar-refractivity contribution in [2.24, 2.45) is 0 Å². The van der Waals surface area contributed by atoms with Crippen LogP contribution in [0.2, 0.25) is 0 Å². The van der Waals surface area contributed by atoms with Gasteiger partial charge >= 0.3 is 0 Å². The number of amides is 1. The molecule has 0 bridgehead atoms. The highest BCUT2D eigenvalue weighted by atomic mass is 32.1. The van der Waals surface area contributed by atoms with Crippen molar-refractivity contribution in [1.29, 1.82) is 0 Å². The van der Waals surface area contributed by atoms with E-state index in [1.807, 2.05) is 43.3 Å². The lowest BCUT2D eigenvalue weighted by molar-refractivity contribution is 0.103. The number of pyridine rings is 1. The highest BCUT2D eigenvalue weighted by molar-refractivity contribution is 7.21. The summed E-state index contributed by atoms with van der Waals surface area (Å²) in [7, 11) is 6.07. The highest BCUT2D eigenvalue weighted by Gasteiger charge is 2.21. The molecule has 0 unspecified atom stereocenters. The molecule has 3 N–H and O–H groups in total. The van der Waals surface area contributed by atoms with Gasteiger partial charge in [-0.3, -0.25) is 4.79 Å². The molecule has 3 heterocycles. The topological polar surface area (TPSA) is 74.5 Å². The van der Waals surface area contributed by atoms with Crippen LogP contribution in [-0.4, -0.2) is 43.5 Å². The molecule has 0 saturated heterocycles. The Bertz CT molecular complexity index is 1010. The van der Waals surface area contributed by atoms with Crippen LogP contribution in [0.1, 0.15) is 20.9 Å². The Morgan fingerprint density at radius 1 is 1.30 bits per heavy atom. The van der Waals surface area contributed by atoms with Crippen LogP contribution in [0.5, 0.6) is 0 Å². The Morgan fingerprint density at radius 2 is 2.04 bits per heavy atom. The molecule has 2 aromatic heterocycles. The Balaban J connectivity index is 1.63. The van der Waals surface area contributed by atoms with E-state index >= 15 is 0 Å². The molecule has 0 saturated carbocycles. The van der Waals surface area contributed by atoms with E-state index in [0.29, 0.717) is 10.6 Å². The zero-order chi connectivity index (χ0) is 19.1. The summed E-state index contributed by atoms with van der Waals surface area (Å²) in [6.45, 7) is 1.87. The second-order valence-electron chi connectivity index (χ2n) is 7.17. The van der Waals surface area contributed by atoms with Gasteiger partial charge < -0.3 is 20.9 Å². The number of likely N-dealkylation sites (N-methyl/N-ethyl adjacent to an activating group) is 1. The maximum atomic E-state index is 12.8. The van der Waals surface area contributed by atoms with E-state index < -0.39 is 0 Å². The largest absolute Gasteiger partial charge is 0.397 e. The van der Waals surface area contributed by atoms with E-state index in [-0.39, 0.29) is 5.91 Å². The number of hydrogen-bond acceptors (Lipinski definition) is 6. The second kappa shape index (κ2) is 6.83. The maximum absolute atomic E-state index is 12.8. The average Bonchev–Trinajstić information content (AvgIpc) is 2.96. The third kappa shape index (κ3) is 3.36. The minimum atomic E-state index is -0.191. The van der Waals surface area contributed by atoms with E-state index in [9.17, 15) is 4.79 Å². The fraction of sp³-hybridized carbons (Fsp3) is 0.300. The first kappa shape index (κ1) is 17.8. The van der Waals surface area contributed by atoms with Crippen molar-refractivity contribution >= 4 is 44.5 Å². The first-order chi connectivity index (χ1) is 12.9. The standard InChI is InChI=1S/C20H23N5OS/c1-24(2)14-6-4-13(5-7-14)22-19(26)18-17(21)15-10-12-11-25(3)9-8-16(12)23-20(15)27-18/h4-7,10H,8-9,11,21H2,1-3H3,(H,22,26). The minimum absolute atomic E-state index is 0.191. The Morgan fingerprint density at radius 3 is 2.74 bits per heavy atom. The highest BCUT2D eigenvalue weighted by Crippen LogP contribution is 2.35. The lowest BCUT2D eigenvalue weighted by Gasteiger charge is -2.24. The molecule has 6 nitrogen and oxygen atoms in total. The molecule has 1 amide bonds. The third-order valence-corrected chi connectivity index (χ3v) is 6.02. The van der Waals surface area contributed by atoms with Crippen molar-refractivity contribution in [3.8, 4) is 0 Å². The van der Waals surface area contributed by atoms with Crippen LogP contribution in [0.25, 0.3) is 10.2 Å². The number of hydrogen-bond donors (Lipinski definition) is 2. The van der Waals surface area contributed by atoms with Gasteiger partial charge in [-0.25, -0.2) is 4.98 Å². The number of aromatic nitrogens is 1. The SMILES string of the molecule is CN1CCc2nc3sc(C(=O)Nc4ccc(N(C)C)cc4)c(N)c3cc2C1. The van der Waals surface area contributed by atoms with Gasteiger partial charge in [0.2, 0.25) is 0 Å². The third-order valence-electron chi connectivity index (χ3n) is 4.91. The summed E-state index contributed by atoms with van der Waals surface area (Å²) in [5.41, 5.74) is 11.0. The number of fused-ring (bicyclic) bond motifs is 2. The molecule has 0 aliphatic carbocycles. The monoisotopic (exact) mass is 381 g/mol. The molecule has 1 aliphatic heterocycles. The van der Waals surface area contributed by atoms with Crippen molar-refractivity contribution < 1.29 is 4.79 Å². The number of rotatable bonds is 3. The van der Waals surface area contributed by atoms with E-state index in [2.05, 4.69) is 23.3 Å². The van der Waals surface area contributed by atoms with Gasteiger partial charge in [0.05, 0.1) is 5.69 Å². The summed E-state index contributed by atoms with van der Waals surface area (Å²) >= 11 is 1.36. The van der Waals surface area contributed by atoms with Gasteiger partial charge in [-0.1, -0.05) is 0 Å². The quantitative estimate of drug-likeness (QED) is 0.729. The summed E-state index contributed by atoms with van der Waals surface area (Å²) < 4.78 is 0. The van der Waals surface area contributed by atoms with Gasteiger partial charge in [0, 0.05) is 56.1 Å². The molecule has 7 heteroatoms. The second-order valence-corrected chi connectivity index (χ2v) is 8.17. The van der Waals surface area contributed by atoms with Gasteiger partial charge in [-0.2, -0.15) is 0 Å². The van der Waals surface area contributed by atoms with Crippen molar-refractivity contribution in [3.05, 3.63) is 46.5 Å². The molecule has 4 rings (SSSR count). The number of nitrogens with one attached hydrogen (secondary N) is 1. The smallest absolute Gasteiger partial charge is 0.267 e. The van der Waals surface area contributed by atoms with Crippen LogP contribution >= 0.6 is 11.3 Å². The number of benzene rings is 1. The van der Waals surface area contributed by atoms with Crippen molar-refractivity contribution in [3.63, 3.8) is 0 Å². The molecule has 0 spiro atoms. The number of anilines is 3. The van der Waals surface area contributed by atoms with Gasteiger partial charge in [0.25, 0.3) is 5.91 Å². The fourth-order valence-corrected chi connectivity index (χ4v) is 4.33. The first-order valence-corrected chi connectivity index (χ1v) is 9.72. The molecule has 0 fully saturated rings. The number of nitrogens with two attached hydrogens (primary N) is 1. The Labute approximate surface area is 162 Å². The maximum Gasteiger partial charge on any atom is 0.267 e. The van der Waals surface area contributed by atoms with Gasteiger partial charge in [0.15, 0.2) is 0 Å². The van der Waals surface area contributed by atoms with Gasteiger partial charge in [0.1, 0.15) is 9.71 Å². The number of thiophene rings is 1. The van der Waals surface area contributed by atoms with Crippen LogP contribution in [0.4, 0.5) is 17.1 Å². The van der Waals surface area contributed by atoms with E-state index in [4.69, 9.17) is 10.7 Å². The summed E-state index contributed by atoms with van der Waals surface area (Å²) in [5.74, 6) is -0.191. The molecule has 0 radical (unpaired) electrons. The summed E-state index contributed by atoms with van der Waals surface area (Å²) in [6.07, 6.45) is 0.930. The number of carbonyl (C=O) groups is 1. The molecule has 140 valence electrons. The van der Waals surface area contributed by atoms with Gasteiger partial charge in [-0.05, 0) is 42.9 Å². The molecular formula is C20H23N5OS. The number of carbonyl (C=O) groups excluding carboxylic acids is 1. The van der Waals surface area contributed by atoms with Crippen LogP contribution in [0.3, 0.4) is 0 Å². The molecular weight excluding hydrogens is 358 g/mol. The first-order valence-electron chi connectivity index (χ1n) is 8.90. The van der Waals surface area contributed by atoms with Crippen LogP contribution in [0, 0.1) is 0 Å². The zero-order valence-electron chi connectivity index (χ0n) is 15.7. The molecule has 0 atom stereocenters. The lowest BCUT2D eigenvalue weighted by atomic mass is 10.0. The average molecular weight is 382 g/mol. The fourth-order valence-electron chi connectivity index (χ4n) is 3.34.